The van der Waals surface area contributed by atoms with Crippen LogP contribution in [0, 0.1) is 0 Å². The zero-order valence-electron chi connectivity index (χ0n) is 11.9. The van der Waals surface area contributed by atoms with Gasteiger partial charge in [-0.25, -0.2) is 9.48 Å². The van der Waals surface area contributed by atoms with Crippen molar-refractivity contribution in [2.75, 3.05) is 6.61 Å². The largest absolute Gasteiger partial charge is 0.464 e. The lowest BCUT2D eigenvalue weighted by Gasteiger charge is -2.11. The lowest BCUT2D eigenvalue weighted by atomic mass is 10.1. The Hall–Kier alpha value is -2.14. The lowest BCUT2D eigenvalue weighted by Crippen LogP contribution is -2.15. The summed E-state index contributed by atoms with van der Waals surface area (Å²) in [5, 5.41) is 14.2. The molecule has 1 aromatic carbocycles. The second-order valence-electron chi connectivity index (χ2n) is 5.19. The van der Waals surface area contributed by atoms with Crippen molar-refractivity contribution in [2.45, 2.75) is 31.8 Å². The van der Waals surface area contributed by atoms with E-state index in [1.165, 1.54) is 18.5 Å². The van der Waals surface area contributed by atoms with Gasteiger partial charge in [0.1, 0.15) is 0 Å². The highest BCUT2D eigenvalue weighted by Gasteiger charge is 2.27. The number of nitrogens with zero attached hydrogens (tertiary/aromatic N) is 2. The third kappa shape index (κ3) is 2.83. The van der Waals surface area contributed by atoms with Crippen LogP contribution in [0.5, 0.6) is 0 Å². The van der Waals surface area contributed by atoms with Crippen LogP contribution < -0.4 is 0 Å². The van der Waals surface area contributed by atoms with Crippen molar-refractivity contribution < 1.29 is 14.6 Å². The summed E-state index contributed by atoms with van der Waals surface area (Å²) >= 11 is 0. The zero-order valence-corrected chi connectivity index (χ0v) is 11.9. The van der Waals surface area contributed by atoms with Gasteiger partial charge in [-0.05, 0) is 43.5 Å². The molecule has 1 aromatic heterocycles. The number of rotatable bonds is 5. The number of ether oxygens (including phenoxy) is 1. The summed E-state index contributed by atoms with van der Waals surface area (Å²) in [4.78, 5) is 11.5. The normalized spacial score (nSPS) is 15.7. The van der Waals surface area contributed by atoms with E-state index >= 15 is 0 Å². The Morgan fingerprint density at radius 3 is 2.71 bits per heavy atom. The van der Waals surface area contributed by atoms with Gasteiger partial charge in [0.05, 0.1) is 12.3 Å². The molecule has 110 valence electrons. The van der Waals surface area contributed by atoms with Gasteiger partial charge in [-0.1, -0.05) is 12.1 Å². The molecule has 1 aliphatic rings. The molecule has 0 amide bonds. The van der Waals surface area contributed by atoms with Crippen molar-refractivity contribution in [1.29, 1.82) is 0 Å². The highest BCUT2D eigenvalue weighted by atomic mass is 16.5. The SMILES string of the molecule is CCOC(=O)C(O)c1ccc(-n2nccc2C2CC2)cc1. The molecule has 1 saturated carbocycles. The van der Waals surface area contributed by atoms with Gasteiger partial charge in [-0.3, -0.25) is 0 Å². The number of aliphatic hydroxyl groups is 1. The number of hydrogen-bond donors (Lipinski definition) is 1. The van der Waals surface area contributed by atoms with E-state index in [0.29, 0.717) is 11.5 Å². The first-order chi connectivity index (χ1) is 10.2. The van der Waals surface area contributed by atoms with E-state index in [-0.39, 0.29) is 6.61 Å². The molecule has 0 spiro atoms. The Morgan fingerprint density at radius 2 is 2.10 bits per heavy atom. The Balaban J connectivity index is 1.80. The summed E-state index contributed by atoms with van der Waals surface area (Å²) in [6, 6.07) is 9.22. The molecule has 1 fully saturated rings. The van der Waals surface area contributed by atoms with Gasteiger partial charge in [0.2, 0.25) is 0 Å². The van der Waals surface area contributed by atoms with Crippen molar-refractivity contribution in [3.8, 4) is 5.69 Å². The molecule has 1 unspecified atom stereocenters. The van der Waals surface area contributed by atoms with E-state index < -0.39 is 12.1 Å². The maximum absolute atomic E-state index is 11.5. The molecule has 5 nitrogen and oxygen atoms in total. The van der Waals surface area contributed by atoms with Crippen LogP contribution in [0.4, 0.5) is 0 Å². The second-order valence-corrected chi connectivity index (χ2v) is 5.19. The van der Waals surface area contributed by atoms with Crippen LogP contribution in [0.15, 0.2) is 36.5 Å². The van der Waals surface area contributed by atoms with Gasteiger partial charge in [-0.15, -0.1) is 0 Å². The zero-order chi connectivity index (χ0) is 14.8. The first kappa shape index (κ1) is 13.8. The van der Waals surface area contributed by atoms with Gasteiger partial charge in [-0.2, -0.15) is 5.10 Å². The van der Waals surface area contributed by atoms with Crippen LogP contribution in [-0.2, 0) is 9.53 Å². The maximum Gasteiger partial charge on any atom is 0.339 e. The number of aromatic nitrogens is 2. The fourth-order valence-corrected chi connectivity index (χ4v) is 2.37. The number of aliphatic hydroxyl groups excluding tert-OH is 1. The third-order valence-corrected chi connectivity index (χ3v) is 3.63. The van der Waals surface area contributed by atoms with Gasteiger partial charge in [0.25, 0.3) is 0 Å². The van der Waals surface area contributed by atoms with Crippen molar-refractivity contribution in [1.82, 2.24) is 9.78 Å². The van der Waals surface area contributed by atoms with E-state index in [0.717, 1.165) is 5.69 Å². The highest BCUT2D eigenvalue weighted by molar-refractivity contribution is 5.76. The molecular weight excluding hydrogens is 268 g/mol. The molecule has 1 N–H and O–H groups in total. The third-order valence-electron chi connectivity index (χ3n) is 3.63. The molecule has 1 heterocycles. The minimum absolute atomic E-state index is 0.256. The van der Waals surface area contributed by atoms with Crippen molar-refractivity contribution >= 4 is 5.97 Å². The molecule has 21 heavy (non-hydrogen) atoms. The number of carbonyl (C=O) groups is 1. The van der Waals surface area contributed by atoms with E-state index in [2.05, 4.69) is 5.10 Å². The number of hydrogen-bond acceptors (Lipinski definition) is 4. The summed E-state index contributed by atoms with van der Waals surface area (Å²) < 4.78 is 6.73. The molecule has 2 aromatic rings. The Morgan fingerprint density at radius 1 is 1.38 bits per heavy atom. The molecule has 0 aliphatic heterocycles. The summed E-state index contributed by atoms with van der Waals surface area (Å²) in [5.41, 5.74) is 2.67. The molecule has 3 rings (SSSR count). The van der Waals surface area contributed by atoms with Crippen LogP contribution >= 0.6 is 0 Å². The van der Waals surface area contributed by atoms with Crippen LogP contribution in [0.1, 0.15) is 43.0 Å². The average Bonchev–Trinajstić information content (AvgIpc) is 3.24. The summed E-state index contributed by atoms with van der Waals surface area (Å²) in [7, 11) is 0. The Bertz CT molecular complexity index is 629. The van der Waals surface area contributed by atoms with Crippen molar-refractivity contribution in [2.24, 2.45) is 0 Å². The molecule has 0 radical (unpaired) electrons. The standard InChI is InChI=1S/C16H18N2O3/c1-2-21-16(20)15(19)12-5-7-13(8-6-12)18-14(9-10-17-18)11-3-4-11/h5-11,15,19H,2-4H2,1H3. The minimum atomic E-state index is -1.24. The molecule has 0 bridgehead atoms. The fourth-order valence-electron chi connectivity index (χ4n) is 2.37. The predicted octanol–water partition coefficient (Wildman–Crippen LogP) is 2.35. The minimum Gasteiger partial charge on any atom is -0.464 e. The monoisotopic (exact) mass is 286 g/mol. The number of esters is 1. The Kier molecular flexibility index (Phi) is 3.75. The maximum atomic E-state index is 11.5. The van der Waals surface area contributed by atoms with E-state index in [4.69, 9.17) is 4.74 Å². The average molecular weight is 286 g/mol. The molecule has 0 saturated heterocycles. The highest BCUT2D eigenvalue weighted by Crippen LogP contribution is 2.40. The van der Waals surface area contributed by atoms with Crippen LogP contribution in [0.25, 0.3) is 5.69 Å². The van der Waals surface area contributed by atoms with E-state index in [1.807, 2.05) is 22.9 Å². The lowest BCUT2D eigenvalue weighted by molar-refractivity contribution is -0.153. The molecular formula is C16H18N2O3. The van der Waals surface area contributed by atoms with Crippen molar-refractivity contribution in [3.63, 3.8) is 0 Å². The van der Waals surface area contributed by atoms with Gasteiger partial charge < -0.3 is 9.84 Å². The van der Waals surface area contributed by atoms with Crippen LogP contribution in [0.3, 0.4) is 0 Å². The summed E-state index contributed by atoms with van der Waals surface area (Å²) in [5.74, 6) is -0.0136. The fraction of sp³-hybridized carbons (Fsp3) is 0.375. The van der Waals surface area contributed by atoms with Gasteiger partial charge in [0, 0.05) is 17.8 Å². The van der Waals surface area contributed by atoms with E-state index in [9.17, 15) is 9.90 Å². The number of benzene rings is 1. The second kappa shape index (κ2) is 5.69. The molecule has 1 atom stereocenters. The Labute approximate surface area is 123 Å². The quantitative estimate of drug-likeness (QED) is 0.857. The van der Waals surface area contributed by atoms with Crippen molar-refractivity contribution in [3.05, 3.63) is 47.8 Å². The first-order valence-electron chi connectivity index (χ1n) is 7.19. The predicted molar refractivity (Wildman–Crippen MR) is 77.1 cm³/mol. The first-order valence-corrected chi connectivity index (χ1v) is 7.19. The van der Waals surface area contributed by atoms with E-state index in [1.54, 1.807) is 25.3 Å². The summed E-state index contributed by atoms with van der Waals surface area (Å²) in [6.45, 7) is 1.97. The van der Waals surface area contributed by atoms with Gasteiger partial charge >= 0.3 is 5.97 Å². The topological polar surface area (TPSA) is 64.3 Å². The smallest absolute Gasteiger partial charge is 0.339 e. The van der Waals surface area contributed by atoms with Gasteiger partial charge in [0.15, 0.2) is 6.10 Å². The molecule has 1 aliphatic carbocycles. The number of carbonyl (C=O) groups excluding carboxylic acids is 1. The summed E-state index contributed by atoms with van der Waals surface area (Å²) in [6.07, 6.45) is 2.99. The molecule has 5 heteroatoms. The van der Waals surface area contributed by atoms with Crippen LogP contribution in [-0.4, -0.2) is 27.5 Å². The van der Waals surface area contributed by atoms with Crippen LogP contribution in [0.2, 0.25) is 0 Å².